The zero-order chi connectivity index (χ0) is 12.6. The Balaban J connectivity index is 2.41. The Hall–Kier alpha value is -1.29. The van der Waals surface area contributed by atoms with Gasteiger partial charge in [0.25, 0.3) is 0 Å². The fraction of sp³-hybridized carbons (Fsp3) is 0.462. The number of Topliss-reactive ketones (excluding diaryl/α,β-unsaturated/α-hetero) is 1. The van der Waals surface area contributed by atoms with Crippen LogP contribution in [-0.2, 0) is 0 Å². The molecule has 0 radical (unpaired) electrons. The van der Waals surface area contributed by atoms with Crippen LogP contribution in [0.25, 0.3) is 0 Å². The van der Waals surface area contributed by atoms with E-state index in [0.29, 0.717) is 12.8 Å². The second-order valence-electron chi connectivity index (χ2n) is 4.63. The Bertz CT molecular complexity index is 463. The number of rotatable bonds is 2. The average Bonchev–Trinajstić information content (AvgIpc) is 2.74. The van der Waals surface area contributed by atoms with Gasteiger partial charge in [-0.15, -0.1) is 0 Å². The number of carbonyl (C=O) groups is 1. The summed E-state index contributed by atoms with van der Waals surface area (Å²) in [4.78, 5) is 12.0. The van der Waals surface area contributed by atoms with Crippen molar-refractivity contribution in [2.45, 2.75) is 38.2 Å². The fourth-order valence-corrected chi connectivity index (χ4v) is 2.26. The Morgan fingerprint density at radius 2 is 1.82 bits per heavy atom. The van der Waals surface area contributed by atoms with Crippen LogP contribution in [0.3, 0.4) is 0 Å². The maximum Gasteiger partial charge on any atom is 0.197 e. The van der Waals surface area contributed by atoms with Gasteiger partial charge in [0.15, 0.2) is 17.4 Å². The quantitative estimate of drug-likeness (QED) is 0.807. The van der Waals surface area contributed by atoms with Gasteiger partial charge in [-0.05, 0) is 44.2 Å². The molecule has 0 amide bonds. The normalized spacial score (nSPS) is 18.4. The van der Waals surface area contributed by atoms with E-state index < -0.39 is 23.0 Å². The third kappa shape index (κ3) is 1.97. The van der Waals surface area contributed by atoms with Gasteiger partial charge in [0, 0.05) is 0 Å². The monoisotopic (exact) mass is 240 g/mol. The van der Waals surface area contributed by atoms with Gasteiger partial charge in [-0.2, -0.15) is 0 Å². The smallest absolute Gasteiger partial charge is 0.197 e. The van der Waals surface area contributed by atoms with Gasteiger partial charge >= 0.3 is 0 Å². The van der Waals surface area contributed by atoms with Crippen molar-refractivity contribution < 1.29 is 18.7 Å². The summed E-state index contributed by atoms with van der Waals surface area (Å²) in [6.45, 7) is 1.43. The summed E-state index contributed by atoms with van der Waals surface area (Å²) >= 11 is 0. The first-order valence-electron chi connectivity index (χ1n) is 5.67. The number of aliphatic hydroxyl groups is 1. The summed E-state index contributed by atoms with van der Waals surface area (Å²) in [5.74, 6) is -2.88. The van der Waals surface area contributed by atoms with Gasteiger partial charge < -0.3 is 5.11 Å². The van der Waals surface area contributed by atoms with Crippen molar-refractivity contribution in [3.8, 4) is 0 Å². The van der Waals surface area contributed by atoms with Crippen LogP contribution in [-0.4, -0.2) is 16.5 Å². The molecule has 1 aliphatic rings. The third-order valence-corrected chi connectivity index (χ3v) is 3.37. The molecule has 1 N–H and O–H groups in total. The standard InChI is InChI=1S/C13H14F2O2/c1-8-4-5-9(11(15)10(8)14)12(16)13(17)6-2-3-7-13/h4-5,17H,2-3,6-7H2,1H3. The first-order chi connectivity index (χ1) is 7.96. The summed E-state index contributed by atoms with van der Waals surface area (Å²) in [7, 11) is 0. The van der Waals surface area contributed by atoms with E-state index in [2.05, 4.69) is 0 Å². The van der Waals surface area contributed by atoms with E-state index in [-0.39, 0.29) is 11.1 Å². The molecule has 0 saturated heterocycles. The molecule has 0 heterocycles. The molecule has 1 fully saturated rings. The SMILES string of the molecule is Cc1ccc(C(=O)C2(O)CCCC2)c(F)c1F. The van der Waals surface area contributed by atoms with Gasteiger partial charge in [-0.1, -0.05) is 6.07 Å². The van der Waals surface area contributed by atoms with Crippen LogP contribution in [0.1, 0.15) is 41.6 Å². The van der Waals surface area contributed by atoms with E-state index in [1.54, 1.807) is 0 Å². The first-order valence-corrected chi connectivity index (χ1v) is 5.67. The molecule has 1 aromatic carbocycles. The van der Waals surface area contributed by atoms with Crippen molar-refractivity contribution in [3.63, 3.8) is 0 Å². The minimum absolute atomic E-state index is 0.150. The van der Waals surface area contributed by atoms with Crippen LogP contribution in [0.15, 0.2) is 12.1 Å². The lowest BCUT2D eigenvalue weighted by molar-refractivity contribution is 0.0348. The second kappa shape index (κ2) is 4.18. The predicted molar refractivity (Wildman–Crippen MR) is 58.8 cm³/mol. The first kappa shape index (κ1) is 12.2. The van der Waals surface area contributed by atoms with Crippen LogP contribution in [0.5, 0.6) is 0 Å². The highest BCUT2D eigenvalue weighted by Gasteiger charge is 2.40. The van der Waals surface area contributed by atoms with Crippen molar-refractivity contribution in [2.75, 3.05) is 0 Å². The zero-order valence-electron chi connectivity index (χ0n) is 9.59. The maximum atomic E-state index is 13.6. The topological polar surface area (TPSA) is 37.3 Å². The fourth-order valence-electron chi connectivity index (χ4n) is 2.26. The van der Waals surface area contributed by atoms with E-state index in [9.17, 15) is 18.7 Å². The Morgan fingerprint density at radius 1 is 1.24 bits per heavy atom. The van der Waals surface area contributed by atoms with Gasteiger partial charge in [0.1, 0.15) is 5.60 Å². The van der Waals surface area contributed by atoms with E-state index in [0.717, 1.165) is 12.8 Å². The van der Waals surface area contributed by atoms with Crippen molar-refractivity contribution in [1.82, 2.24) is 0 Å². The van der Waals surface area contributed by atoms with Crippen molar-refractivity contribution in [1.29, 1.82) is 0 Å². The van der Waals surface area contributed by atoms with Crippen molar-refractivity contribution >= 4 is 5.78 Å². The molecule has 0 spiro atoms. The number of hydrogen-bond donors (Lipinski definition) is 1. The van der Waals surface area contributed by atoms with Crippen LogP contribution >= 0.6 is 0 Å². The van der Waals surface area contributed by atoms with Gasteiger partial charge in [0.2, 0.25) is 0 Å². The molecule has 17 heavy (non-hydrogen) atoms. The molecule has 1 aliphatic carbocycles. The van der Waals surface area contributed by atoms with Crippen LogP contribution in [0.4, 0.5) is 8.78 Å². The van der Waals surface area contributed by atoms with Crippen LogP contribution < -0.4 is 0 Å². The van der Waals surface area contributed by atoms with Crippen molar-refractivity contribution in [2.24, 2.45) is 0 Å². The minimum atomic E-state index is -1.51. The molecule has 4 heteroatoms. The highest BCUT2D eigenvalue weighted by atomic mass is 19.2. The lowest BCUT2D eigenvalue weighted by Gasteiger charge is -2.20. The maximum absolute atomic E-state index is 13.6. The summed E-state index contributed by atoms with van der Waals surface area (Å²) in [6.07, 6.45) is 2.11. The van der Waals surface area contributed by atoms with E-state index in [1.165, 1.54) is 19.1 Å². The van der Waals surface area contributed by atoms with Crippen molar-refractivity contribution in [3.05, 3.63) is 34.9 Å². The molecule has 0 aromatic heterocycles. The molecular formula is C13H14F2O2. The van der Waals surface area contributed by atoms with Crippen LogP contribution in [0, 0.1) is 18.6 Å². The van der Waals surface area contributed by atoms with E-state index in [4.69, 9.17) is 0 Å². The zero-order valence-corrected chi connectivity index (χ0v) is 9.59. The molecule has 0 aliphatic heterocycles. The molecule has 0 bridgehead atoms. The average molecular weight is 240 g/mol. The molecule has 92 valence electrons. The largest absolute Gasteiger partial charge is 0.382 e. The summed E-state index contributed by atoms with van der Waals surface area (Å²) in [6, 6.07) is 2.59. The number of hydrogen-bond acceptors (Lipinski definition) is 2. The summed E-state index contributed by atoms with van der Waals surface area (Å²) in [5.41, 5.74) is -1.71. The Labute approximate surface area is 98.3 Å². The van der Waals surface area contributed by atoms with Gasteiger partial charge in [-0.25, -0.2) is 8.78 Å². The highest BCUT2D eigenvalue weighted by molar-refractivity contribution is 6.02. The molecule has 0 unspecified atom stereocenters. The lowest BCUT2D eigenvalue weighted by Crippen LogP contribution is -2.36. The van der Waals surface area contributed by atoms with E-state index >= 15 is 0 Å². The number of benzene rings is 1. The highest BCUT2D eigenvalue weighted by Crippen LogP contribution is 2.33. The number of carbonyl (C=O) groups excluding carboxylic acids is 1. The number of aryl methyl sites for hydroxylation is 1. The Morgan fingerprint density at radius 3 is 2.41 bits per heavy atom. The summed E-state index contributed by atoms with van der Waals surface area (Å²) in [5, 5.41) is 10.1. The molecular weight excluding hydrogens is 226 g/mol. The van der Waals surface area contributed by atoms with Crippen LogP contribution in [0.2, 0.25) is 0 Å². The number of ketones is 1. The molecule has 1 saturated carbocycles. The number of halogens is 2. The molecule has 1 aromatic rings. The second-order valence-corrected chi connectivity index (χ2v) is 4.63. The molecule has 2 rings (SSSR count). The summed E-state index contributed by atoms with van der Waals surface area (Å²) < 4.78 is 27.0. The Kier molecular flexibility index (Phi) is 3.00. The van der Waals surface area contributed by atoms with E-state index in [1.807, 2.05) is 0 Å². The lowest BCUT2D eigenvalue weighted by atomic mass is 9.90. The molecule has 0 atom stereocenters. The molecule has 2 nitrogen and oxygen atoms in total. The predicted octanol–water partition coefficient (Wildman–Crippen LogP) is 2.76. The minimum Gasteiger partial charge on any atom is -0.382 e. The van der Waals surface area contributed by atoms with Gasteiger partial charge in [0.05, 0.1) is 5.56 Å². The third-order valence-electron chi connectivity index (χ3n) is 3.37. The van der Waals surface area contributed by atoms with Gasteiger partial charge in [-0.3, -0.25) is 4.79 Å².